The predicted octanol–water partition coefficient (Wildman–Crippen LogP) is 3.39. The first kappa shape index (κ1) is 16.3. The van der Waals surface area contributed by atoms with Crippen LogP contribution >= 0.6 is 11.6 Å². The van der Waals surface area contributed by atoms with Gasteiger partial charge in [-0.25, -0.2) is 13.6 Å². The molecule has 0 saturated carbocycles. The molecular weight excluding hydrogens is 308 g/mol. The van der Waals surface area contributed by atoms with Crippen LogP contribution in [0.25, 0.3) is 0 Å². The molecule has 6 heteroatoms. The van der Waals surface area contributed by atoms with E-state index in [0.717, 1.165) is 19.4 Å². The molecule has 0 amide bonds. The molecule has 21 heavy (non-hydrogen) atoms. The van der Waals surface area contributed by atoms with Crippen molar-refractivity contribution in [3.8, 4) is 0 Å². The Hall–Kier alpha value is -1.04. The molecule has 1 aliphatic rings. The normalized spacial score (nSPS) is 22.8. The molecule has 2 atom stereocenters. The second-order valence-corrected chi connectivity index (χ2v) is 7.83. The minimum Gasteiger partial charge on any atom is -0.384 e. The third-order valence-corrected chi connectivity index (χ3v) is 4.97. The second kappa shape index (κ2) is 6.38. The van der Waals surface area contributed by atoms with Gasteiger partial charge in [0, 0.05) is 6.54 Å². The first-order valence-electron chi connectivity index (χ1n) is 6.99. The van der Waals surface area contributed by atoms with Crippen molar-refractivity contribution in [3.63, 3.8) is 0 Å². The quantitative estimate of drug-likeness (QED) is 0.832. The van der Waals surface area contributed by atoms with Gasteiger partial charge >= 0.3 is 0 Å². The molecular formula is C15H21ClN2O2S. The average Bonchev–Trinajstić information content (AvgIpc) is 2.35. The van der Waals surface area contributed by atoms with E-state index in [-0.39, 0.29) is 4.90 Å². The number of nitrogens with one attached hydrogen (secondary N) is 1. The van der Waals surface area contributed by atoms with Crippen molar-refractivity contribution in [3.05, 3.63) is 34.9 Å². The second-order valence-electron chi connectivity index (χ2n) is 5.86. The summed E-state index contributed by atoms with van der Waals surface area (Å²) in [7, 11) is -3.71. The molecule has 1 aromatic carbocycles. The number of benzene rings is 1. The van der Waals surface area contributed by atoms with Gasteiger partial charge in [-0.05, 0) is 49.8 Å². The Morgan fingerprint density at radius 1 is 1.43 bits per heavy atom. The van der Waals surface area contributed by atoms with Gasteiger partial charge in [0.1, 0.15) is 0 Å². The fourth-order valence-corrected chi connectivity index (χ4v) is 3.64. The number of hydrogen-bond acceptors (Lipinski definition) is 3. The summed E-state index contributed by atoms with van der Waals surface area (Å²) < 4.78 is 22.8. The zero-order valence-corrected chi connectivity index (χ0v) is 13.8. The van der Waals surface area contributed by atoms with Gasteiger partial charge in [-0.1, -0.05) is 30.2 Å². The van der Waals surface area contributed by atoms with Crippen LogP contribution < -0.4 is 10.5 Å². The maximum Gasteiger partial charge on any atom is 0.238 e. The van der Waals surface area contributed by atoms with Gasteiger partial charge in [-0.3, -0.25) is 0 Å². The van der Waals surface area contributed by atoms with E-state index in [4.69, 9.17) is 16.7 Å². The van der Waals surface area contributed by atoms with Gasteiger partial charge < -0.3 is 5.32 Å². The maximum absolute atomic E-state index is 11.4. The van der Waals surface area contributed by atoms with Crippen molar-refractivity contribution in [1.82, 2.24) is 0 Å². The molecule has 3 N–H and O–H groups in total. The van der Waals surface area contributed by atoms with E-state index in [0.29, 0.717) is 22.5 Å². The fraction of sp³-hybridized carbons (Fsp3) is 0.467. The number of sulfonamides is 1. The molecule has 0 heterocycles. The van der Waals surface area contributed by atoms with E-state index in [1.54, 1.807) is 6.07 Å². The summed E-state index contributed by atoms with van der Waals surface area (Å²) in [6, 6.07) is 4.46. The van der Waals surface area contributed by atoms with E-state index in [9.17, 15) is 8.42 Å². The van der Waals surface area contributed by atoms with Crippen molar-refractivity contribution >= 4 is 27.3 Å². The van der Waals surface area contributed by atoms with E-state index in [2.05, 4.69) is 25.2 Å². The van der Waals surface area contributed by atoms with Crippen LogP contribution in [0.15, 0.2) is 34.7 Å². The van der Waals surface area contributed by atoms with Gasteiger partial charge in [-0.15, -0.1) is 0 Å². The number of halogens is 1. The monoisotopic (exact) mass is 328 g/mol. The molecule has 0 fully saturated rings. The minimum atomic E-state index is -3.71. The van der Waals surface area contributed by atoms with Gasteiger partial charge in [0.25, 0.3) is 0 Å². The molecule has 0 aliphatic heterocycles. The molecule has 4 nitrogen and oxygen atoms in total. The number of nitrogens with two attached hydrogens (primary N) is 1. The summed E-state index contributed by atoms with van der Waals surface area (Å²) >= 11 is 6.11. The molecule has 0 radical (unpaired) electrons. The molecule has 1 aromatic rings. The Balaban J connectivity index is 2.08. The number of allylic oxidation sites excluding steroid dienone is 2. The highest BCUT2D eigenvalue weighted by molar-refractivity contribution is 7.89. The van der Waals surface area contributed by atoms with Crippen molar-refractivity contribution in [1.29, 1.82) is 0 Å². The summed E-state index contributed by atoms with van der Waals surface area (Å²) in [6.07, 6.45) is 4.49. The summed E-state index contributed by atoms with van der Waals surface area (Å²) in [5.41, 5.74) is 2.02. The standard InChI is InChI=1S/C15H21ClN2O2S/c1-10-5-11(2)7-12(6-10)9-18-15-8-13(21(17,19)20)3-4-14(15)16/h3-5,8,10,12,18H,6-7,9H2,1-2H3,(H2,17,19,20). The van der Waals surface area contributed by atoms with Gasteiger partial charge in [0.15, 0.2) is 0 Å². The van der Waals surface area contributed by atoms with Crippen LogP contribution in [-0.2, 0) is 10.0 Å². The smallest absolute Gasteiger partial charge is 0.238 e. The molecule has 0 spiro atoms. The zero-order valence-electron chi connectivity index (χ0n) is 12.3. The van der Waals surface area contributed by atoms with Crippen molar-refractivity contribution < 1.29 is 8.42 Å². The molecule has 2 unspecified atom stereocenters. The molecule has 0 saturated heterocycles. The summed E-state index contributed by atoms with van der Waals surface area (Å²) in [6.45, 7) is 5.13. The summed E-state index contributed by atoms with van der Waals surface area (Å²) in [4.78, 5) is 0.0717. The van der Waals surface area contributed by atoms with E-state index < -0.39 is 10.0 Å². The molecule has 0 aromatic heterocycles. The first-order chi connectivity index (χ1) is 9.75. The highest BCUT2D eigenvalue weighted by atomic mass is 35.5. The Morgan fingerprint density at radius 3 is 2.76 bits per heavy atom. The van der Waals surface area contributed by atoms with Gasteiger partial charge in [-0.2, -0.15) is 0 Å². The Kier molecular flexibility index (Phi) is 4.96. The van der Waals surface area contributed by atoms with E-state index in [1.807, 2.05) is 0 Å². The SMILES string of the molecule is CC1=CC(C)CC(CNc2cc(S(N)(=O)=O)ccc2Cl)C1. The number of primary sulfonamides is 1. The maximum atomic E-state index is 11.4. The minimum absolute atomic E-state index is 0.0717. The van der Waals surface area contributed by atoms with Crippen LogP contribution in [0.5, 0.6) is 0 Å². The predicted molar refractivity (Wildman–Crippen MR) is 87.0 cm³/mol. The number of hydrogen-bond donors (Lipinski definition) is 2. The lowest BCUT2D eigenvalue weighted by Gasteiger charge is -2.26. The summed E-state index contributed by atoms with van der Waals surface area (Å²) in [5, 5.41) is 8.90. The Labute approximate surface area is 131 Å². The van der Waals surface area contributed by atoms with Crippen LogP contribution in [0.3, 0.4) is 0 Å². The topological polar surface area (TPSA) is 72.2 Å². The van der Waals surface area contributed by atoms with Gasteiger partial charge in [0.05, 0.1) is 15.6 Å². The van der Waals surface area contributed by atoms with Crippen LogP contribution in [0.1, 0.15) is 26.7 Å². The summed E-state index contributed by atoms with van der Waals surface area (Å²) in [5.74, 6) is 1.11. The van der Waals surface area contributed by atoms with Crippen molar-refractivity contribution in [2.24, 2.45) is 17.0 Å². The highest BCUT2D eigenvalue weighted by Crippen LogP contribution is 2.30. The number of rotatable bonds is 4. The van der Waals surface area contributed by atoms with Crippen molar-refractivity contribution in [2.75, 3.05) is 11.9 Å². The molecule has 1 aliphatic carbocycles. The van der Waals surface area contributed by atoms with Crippen LogP contribution in [0.4, 0.5) is 5.69 Å². The number of anilines is 1. The lowest BCUT2D eigenvalue weighted by atomic mass is 9.84. The lowest BCUT2D eigenvalue weighted by Crippen LogP contribution is -2.20. The van der Waals surface area contributed by atoms with E-state index >= 15 is 0 Å². The Bertz CT molecular complexity index is 656. The largest absolute Gasteiger partial charge is 0.384 e. The van der Waals surface area contributed by atoms with Crippen LogP contribution in [-0.4, -0.2) is 15.0 Å². The third-order valence-electron chi connectivity index (χ3n) is 3.73. The molecule has 0 bridgehead atoms. The van der Waals surface area contributed by atoms with E-state index in [1.165, 1.54) is 17.7 Å². The lowest BCUT2D eigenvalue weighted by molar-refractivity contribution is 0.421. The Morgan fingerprint density at radius 2 is 2.14 bits per heavy atom. The van der Waals surface area contributed by atoms with Crippen LogP contribution in [0.2, 0.25) is 5.02 Å². The molecule has 116 valence electrons. The van der Waals surface area contributed by atoms with Crippen LogP contribution in [0, 0.1) is 11.8 Å². The highest BCUT2D eigenvalue weighted by Gasteiger charge is 2.18. The zero-order chi connectivity index (χ0) is 15.6. The van der Waals surface area contributed by atoms with Gasteiger partial charge in [0.2, 0.25) is 10.0 Å². The molecule has 2 rings (SSSR count). The first-order valence-corrected chi connectivity index (χ1v) is 8.91. The third kappa shape index (κ3) is 4.46. The average molecular weight is 329 g/mol. The van der Waals surface area contributed by atoms with Crippen molar-refractivity contribution in [2.45, 2.75) is 31.6 Å². The fourth-order valence-electron chi connectivity index (χ4n) is 2.91.